The summed E-state index contributed by atoms with van der Waals surface area (Å²) in [6, 6.07) is 6.11. The zero-order valence-corrected chi connectivity index (χ0v) is 13.1. The number of ether oxygens (including phenoxy) is 1. The lowest BCUT2D eigenvalue weighted by Crippen LogP contribution is -2.34. The lowest BCUT2D eigenvalue weighted by molar-refractivity contribution is 0.109. The third-order valence-corrected chi connectivity index (χ3v) is 4.18. The molecule has 5 nitrogen and oxygen atoms in total. The minimum absolute atomic E-state index is 0.289. The number of imidazole rings is 1. The normalized spacial score (nSPS) is 14.3. The summed E-state index contributed by atoms with van der Waals surface area (Å²) >= 11 is 0. The van der Waals surface area contributed by atoms with E-state index in [0.29, 0.717) is 25.0 Å². The highest BCUT2D eigenvalue weighted by atomic mass is 19.1. The first kappa shape index (κ1) is 15.5. The Morgan fingerprint density at radius 1 is 1.39 bits per heavy atom. The van der Waals surface area contributed by atoms with E-state index in [1.165, 1.54) is 23.5 Å². The van der Waals surface area contributed by atoms with Crippen molar-refractivity contribution >= 4 is 12.0 Å². The molecule has 122 valence electrons. The number of aromatic amines is 1. The summed E-state index contributed by atoms with van der Waals surface area (Å²) in [6.45, 7) is 2.80. The molecule has 2 aromatic rings. The summed E-state index contributed by atoms with van der Waals surface area (Å²) < 4.78 is 18.3. The highest BCUT2D eigenvalue weighted by Gasteiger charge is 2.23. The van der Waals surface area contributed by atoms with Crippen LogP contribution in [0.1, 0.15) is 26.2 Å². The van der Waals surface area contributed by atoms with Crippen molar-refractivity contribution in [2.24, 2.45) is 5.92 Å². The van der Waals surface area contributed by atoms with Crippen LogP contribution in [-0.4, -0.2) is 29.2 Å². The number of carbonyl (C=O) groups excluding carboxylic acids is 1. The van der Waals surface area contributed by atoms with Crippen molar-refractivity contribution < 1.29 is 13.9 Å². The van der Waals surface area contributed by atoms with Crippen molar-refractivity contribution in [3.05, 3.63) is 36.3 Å². The van der Waals surface area contributed by atoms with Gasteiger partial charge in [-0.3, -0.25) is 0 Å². The average molecular weight is 317 g/mol. The maximum atomic E-state index is 13.0. The smallest absolute Gasteiger partial charge is 0.416 e. The van der Waals surface area contributed by atoms with Crippen molar-refractivity contribution in [2.75, 3.05) is 18.1 Å². The Labute approximate surface area is 134 Å². The number of benzene rings is 1. The van der Waals surface area contributed by atoms with Gasteiger partial charge in [-0.25, -0.2) is 19.1 Å². The molecule has 1 amide bonds. The predicted molar refractivity (Wildman–Crippen MR) is 85.7 cm³/mol. The van der Waals surface area contributed by atoms with Crippen molar-refractivity contribution in [3.8, 4) is 11.3 Å². The second kappa shape index (κ2) is 6.81. The molecule has 1 aliphatic carbocycles. The van der Waals surface area contributed by atoms with Gasteiger partial charge in [-0.2, -0.15) is 0 Å². The first-order valence-corrected chi connectivity index (χ1v) is 7.92. The monoisotopic (exact) mass is 317 g/mol. The van der Waals surface area contributed by atoms with Gasteiger partial charge < -0.3 is 9.72 Å². The van der Waals surface area contributed by atoms with Gasteiger partial charge in [0.1, 0.15) is 5.82 Å². The van der Waals surface area contributed by atoms with E-state index in [-0.39, 0.29) is 11.9 Å². The molecule has 0 atom stereocenters. The van der Waals surface area contributed by atoms with E-state index in [1.807, 2.05) is 6.92 Å². The first-order chi connectivity index (χ1) is 11.2. The molecule has 1 fully saturated rings. The van der Waals surface area contributed by atoms with Crippen LogP contribution in [0, 0.1) is 11.7 Å². The Hall–Kier alpha value is -2.37. The van der Waals surface area contributed by atoms with E-state index in [4.69, 9.17) is 4.74 Å². The van der Waals surface area contributed by atoms with E-state index in [0.717, 1.165) is 24.1 Å². The van der Waals surface area contributed by atoms with Gasteiger partial charge in [0.15, 0.2) is 0 Å². The standard InChI is InChI=1S/C17H20FN3O2/c1-2-21(17(22)23-11-12-4-3-5-12)16-19-10-15(20-16)13-6-8-14(18)9-7-13/h6-10,12H,2-5,11H2,1H3,(H,19,20). The number of nitrogens with zero attached hydrogens (tertiary/aromatic N) is 2. The fraction of sp³-hybridized carbons (Fsp3) is 0.412. The molecule has 1 aliphatic rings. The first-order valence-electron chi connectivity index (χ1n) is 7.92. The third-order valence-electron chi connectivity index (χ3n) is 4.18. The molecule has 0 saturated heterocycles. The van der Waals surface area contributed by atoms with Crippen LogP contribution in [-0.2, 0) is 4.74 Å². The summed E-state index contributed by atoms with van der Waals surface area (Å²) in [5, 5.41) is 0. The summed E-state index contributed by atoms with van der Waals surface area (Å²) in [5.74, 6) is 0.651. The van der Waals surface area contributed by atoms with E-state index < -0.39 is 0 Å². The van der Waals surface area contributed by atoms with Gasteiger partial charge in [0.2, 0.25) is 5.95 Å². The van der Waals surface area contributed by atoms with Crippen LogP contribution in [0.2, 0.25) is 0 Å². The van der Waals surface area contributed by atoms with E-state index in [1.54, 1.807) is 18.3 Å². The lowest BCUT2D eigenvalue weighted by atomic mass is 9.86. The molecule has 0 aliphatic heterocycles. The van der Waals surface area contributed by atoms with E-state index >= 15 is 0 Å². The quantitative estimate of drug-likeness (QED) is 0.907. The Balaban J connectivity index is 1.68. The molecule has 3 rings (SSSR count). The predicted octanol–water partition coefficient (Wildman–Crippen LogP) is 3.98. The molecular weight excluding hydrogens is 297 g/mol. The number of nitrogens with one attached hydrogen (secondary N) is 1. The molecule has 0 unspecified atom stereocenters. The number of H-pyrrole nitrogens is 1. The van der Waals surface area contributed by atoms with Crippen LogP contribution >= 0.6 is 0 Å². The summed E-state index contributed by atoms with van der Waals surface area (Å²) in [7, 11) is 0. The second-order valence-electron chi connectivity index (χ2n) is 5.75. The second-order valence-corrected chi connectivity index (χ2v) is 5.75. The van der Waals surface area contributed by atoms with Gasteiger partial charge in [-0.15, -0.1) is 0 Å². The number of rotatable bonds is 5. The Morgan fingerprint density at radius 3 is 2.74 bits per heavy atom. The Morgan fingerprint density at radius 2 is 2.13 bits per heavy atom. The van der Waals surface area contributed by atoms with Crippen LogP contribution in [0.5, 0.6) is 0 Å². The molecule has 0 bridgehead atoms. The topological polar surface area (TPSA) is 58.2 Å². The molecule has 1 N–H and O–H groups in total. The fourth-order valence-electron chi connectivity index (χ4n) is 2.52. The average Bonchev–Trinajstić information content (AvgIpc) is 2.97. The SMILES string of the molecule is CCN(C(=O)OCC1CCC1)c1ncc(-c2ccc(F)cc2)[nH]1. The number of hydrogen-bond acceptors (Lipinski definition) is 3. The third kappa shape index (κ3) is 3.52. The number of aromatic nitrogens is 2. The summed E-state index contributed by atoms with van der Waals surface area (Å²) in [4.78, 5) is 21.0. The molecule has 23 heavy (non-hydrogen) atoms. The van der Waals surface area contributed by atoms with Crippen molar-refractivity contribution in [3.63, 3.8) is 0 Å². The highest BCUT2D eigenvalue weighted by molar-refractivity contribution is 5.85. The maximum Gasteiger partial charge on any atom is 0.416 e. The maximum absolute atomic E-state index is 13.0. The van der Waals surface area contributed by atoms with Crippen LogP contribution in [0.25, 0.3) is 11.3 Å². The Kier molecular flexibility index (Phi) is 4.60. The number of anilines is 1. The molecular formula is C17H20FN3O2. The molecule has 1 heterocycles. The van der Waals surface area contributed by atoms with Crippen LogP contribution < -0.4 is 4.90 Å². The van der Waals surface area contributed by atoms with Crippen molar-refractivity contribution in [2.45, 2.75) is 26.2 Å². The van der Waals surface area contributed by atoms with E-state index in [9.17, 15) is 9.18 Å². The van der Waals surface area contributed by atoms with Crippen molar-refractivity contribution in [1.82, 2.24) is 9.97 Å². The molecule has 1 saturated carbocycles. The van der Waals surface area contributed by atoms with Crippen molar-refractivity contribution in [1.29, 1.82) is 0 Å². The van der Waals surface area contributed by atoms with Gasteiger partial charge in [-0.05, 0) is 55.5 Å². The molecule has 1 aromatic carbocycles. The minimum Gasteiger partial charge on any atom is -0.449 e. The summed E-state index contributed by atoms with van der Waals surface area (Å²) in [6.07, 6.45) is 4.73. The molecule has 0 spiro atoms. The van der Waals surface area contributed by atoms with Gasteiger partial charge in [0.25, 0.3) is 0 Å². The number of hydrogen-bond donors (Lipinski definition) is 1. The van der Waals surface area contributed by atoms with E-state index in [2.05, 4.69) is 9.97 Å². The van der Waals surface area contributed by atoms with Crippen LogP contribution in [0.3, 0.4) is 0 Å². The van der Waals surface area contributed by atoms with Crippen LogP contribution in [0.4, 0.5) is 15.1 Å². The minimum atomic E-state index is -0.389. The number of halogens is 1. The molecule has 0 radical (unpaired) electrons. The summed E-state index contributed by atoms with van der Waals surface area (Å²) in [5.41, 5.74) is 1.54. The zero-order chi connectivity index (χ0) is 16.2. The largest absolute Gasteiger partial charge is 0.449 e. The zero-order valence-electron chi connectivity index (χ0n) is 13.1. The van der Waals surface area contributed by atoms with Gasteiger partial charge in [0, 0.05) is 6.54 Å². The van der Waals surface area contributed by atoms with Crippen LogP contribution in [0.15, 0.2) is 30.5 Å². The van der Waals surface area contributed by atoms with Gasteiger partial charge in [-0.1, -0.05) is 6.42 Å². The Bertz CT molecular complexity index is 665. The fourth-order valence-corrected chi connectivity index (χ4v) is 2.52. The van der Waals surface area contributed by atoms with Gasteiger partial charge >= 0.3 is 6.09 Å². The lowest BCUT2D eigenvalue weighted by Gasteiger charge is -2.26. The van der Waals surface area contributed by atoms with Gasteiger partial charge in [0.05, 0.1) is 18.5 Å². The molecule has 1 aromatic heterocycles. The number of amides is 1. The highest BCUT2D eigenvalue weighted by Crippen LogP contribution is 2.27. The number of carbonyl (C=O) groups is 1. The molecule has 6 heteroatoms.